The van der Waals surface area contributed by atoms with Crippen molar-refractivity contribution in [2.75, 3.05) is 5.75 Å². The molecule has 8 nitrogen and oxygen atoms in total. The molecule has 1 saturated carbocycles. The van der Waals surface area contributed by atoms with Gasteiger partial charge in [-0.2, -0.15) is 0 Å². The number of hydrogen-bond donors (Lipinski definition) is 2. The maximum Gasteiger partial charge on any atom is 0.321 e. The second-order valence-electron chi connectivity index (χ2n) is 6.77. The van der Waals surface area contributed by atoms with Crippen LogP contribution in [0.3, 0.4) is 0 Å². The molecule has 10 heteroatoms. The molecule has 3 rings (SSSR count). The molecule has 1 aromatic heterocycles. The normalized spacial score (nSPS) is 15.5. The van der Waals surface area contributed by atoms with Crippen LogP contribution in [0.4, 0.5) is 9.18 Å². The second-order valence-corrected chi connectivity index (χ2v) is 7.69. The SMILES string of the molecule is C[C@H](Oc1ccc(F)cc1)c1nnc(SCC(=O)NC(=O)NC2CCCCC2)o1. The number of carbonyl (C=O) groups excluding carboxylic acids is 2. The molecule has 2 N–H and O–H groups in total. The number of carbonyl (C=O) groups is 2. The van der Waals surface area contributed by atoms with E-state index in [2.05, 4.69) is 20.8 Å². The minimum absolute atomic E-state index is 0.0348. The molecule has 3 amide bonds. The van der Waals surface area contributed by atoms with Gasteiger partial charge < -0.3 is 14.5 Å². The molecule has 0 bridgehead atoms. The smallest absolute Gasteiger partial charge is 0.321 e. The lowest BCUT2D eigenvalue weighted by Gasteiger charge is -2.22. The topological polar surface area (TPSA) is 106 Å². The molecule has 156 valence electrons. The number of hydrogen-bond acceptors (Lipinski definition) is 7. The van der Waals surface area contributed by atoms with Crippen molar-refractivity contribution in [3.8, 4) is 5.75 Å². The van der Waals surface area contributed by atoms with Crippen molar-refractivity contribution in [1.29, 1.82) is 0 Å². The van der Waals surface area contributed by atoms with E-state index in [-0.39, 0.29) is 28.7 Å². The molecule has 2 aromatic rings. The zero-order valence-corrected chi connectivity index (χ0v) is 16.8. The summed E-state index contributed by atoms with van der Waals surface area (Å²) in [5.74, 6) is -0.139. The summed E-state index contributed by atoms with van der Waals surface area (Å²) in [7, 11) is 0. The van der Waals surface area contributed by atoms with Gasteiger partial charge in [0.2, 0.25) is 5.91 Å². The molecule has 1 fully saturated rings. The maximum atomic E-state index is 12.9. The van der Waals surface area contributed by atoms with Gasteiger partial charge in [-0.3, -0.25) is 10.1 Å². The quantitative estimate of drug-likeness (QED) is 0.657. The molecule has 1 heterocycles. The Bertz CT molecular complexity index is 824. The molecule has 0 unspecified atom stereocenters. The molecule has 0 aliphatic heterocycles. The van der Waals surface area contributed by atoms with Crippen LogP contribution in [0.1, 0.15) is 51.0 Å². The third kappa shape index (κ3) is 6.74. The van der Waals surface area contributed by atoms with E-state index in [1.165, 1.54) is 30.7 Å². The predicted octanol–water partition coefficient (Wildman–Crippen LogP) is 3.60. The number of urea groups is 1. The highest BCUT2D eigenvalue weighted by Gasteiger charge is 2.19. The molecule has 1 atom stereocenters. The number of nitrogens with one attached hydrogen (secondary N) is 2. The number of nitrogens with zero attached hydrogens (tertiary/aromatic N) is 2. The van der Waals surface area contributed by atoms with E-state index in [1.54, 1.807) is 6.92 Å². The minimum atomic E-state index is -0.544. The van der Waals surface area contributed by atoms with Crippen molar-refractivity contribution < 1.29 is 23.1 Å². The van der Waals surface area contributed by atoms with Crippen molar-refractivity contribution in [2.45, 2.75) is 56.4 Å². The first-order chi connectivity index (χ1) is 14.0. The molecule has 1 aliphatic carbocycles. The van der Waals surface area contributed by atoms with E-state index in [4.69, 9.17) is 9.15 Å². The van der Waals surface area contributed by atoms with Crippen LogP contribution in [0.2, 0.25) is 0 Å². The van der Waals surface area contributed by atoms with Gasteiger partial charge in [0.05, 0.1) is 5.75 Å². The first kappa shape index (κ1) is 21.1. The monoisotopic (exact) mass is 422 g/mol. The Morgan fingerprint density at radius 2 is 1.97 bits per heavy atom. The summed E-state index contributed by atoms with van der Waals surface area (Å²) < 4.78 is 24.0. The van der Waals surface area contributed by atoms with Crippen molar-refractivity contribution >= 4 is 23.7 Å². The third-order valence-electron chi connectivity index (χ3n) is 4.42. The first-order valence-corrected chi connectivity index (χ1v) is 10.5. The van der Waals surface area contributed by atoms with Crippen molar-refractivity contribution in [2.24, 2.45) is 0 Å². The van der Waals surface area contributed by atoms with Crippen molar-refractivity contribution in [3.05, 3.63) is 36.0 Å². The highest BCUT2D eigenvalue weighted by atomic mass is 32.2. The zero-order chi connectivity index (χ0) is 20.6. The van der Waals surface area contributed by atoms with Crippen molar-refractivity contribution in [3.63, 3.8) is 0 Å². The molecule has 0 saturated heterocycles. The second kappa shape index (κ2) is 10.2. The fraction of sp³-hybridized carbons (Fsp3) is 0.474. The lowest BCUT2D eigenvalue weighted by Crippen LogP contribution is -2.45. The van der Waals surface area contributed by atoms with E-state index < -0.39 is 18.0 Å². The van der Waals surface area contributed by atoms with Crippen LogP contribution in [-0.4, -0.2) is 33.9 Å². The summed E-state index contributed by atoms with van der Waals surface area (Å²) in [4.78, 5) is 23.8. The summed E-state index contributed by atoms with van der Waals surface area (Å²) >= 11 is 1.03. The number of halogens is 1. The van der Waals surface area contributed by atoms with Crippen LogP contribution in [0.15, 0.2) is 33.9 Å². The zero-order valence-electron chi connectivity index (χ0n) is 16.0. The van der Waals surface area contributed by atoms with Crippen LogP contribution < -0.4 is 15.4 Å². The molecule has 1 aromatic carbocycles. The standard InChI is InChI=1S/C19H23FN4O4S/c1-12(27-15-9-7-13(20)8-10-15)17-23-24-19(28-17)29-11-16(25)22-18(26)21-14-5-3-2-4-6-14/h7-10,12,14H,2-6,11H2,1H3,(H2,21,22,25,26)/t12-/m0/s1. The minimum Gasteiger partial charge on any atom is -0.481 e. The van der Waals surface area contributed by atoms with Gasteiger partial charge in [0, 0.05) is 6.04 Å². The average Bonchev–Trinajstić information content (AvgIpc) is 3.18. The summed E-state index contributed by atoms with van der Waals surface area (Å²) in [5.41, 5.74) is 0. The lowest BCUT2D eigenvalue weighted by molar-refractivity contribution is -0.117. The molecule has 29 heavy (non-hydrogen) atoms. The van der Waals surface area contributed by atoms with Gasteiger partial charge in [-0.25, -0.2) is 9.18 Å². The van der Waals surface area contributed by atoms with Gasteiger partial charge in [0.15, 0.2) is 6.10 Å². The fourth-order valence-electron chi connectivity index (χ4n) is 2.97. The van der Waals surface area contributed by atoms with Crippen LogP contribution in [-0.2, 0) is 4.79 Å². The summed E-state index contributed by atoms with van der Waals surface area (Å²) in [6, 6.07) is 5.24. The van der Waals surface area contributed by atoms with Crippen molar-refractivity contribution in [1.82, 2.24) is 20.8 Å². The summed E-state index contributed by atoms with van der Waals surface area (Å²) in [5, 5.41) is 13.1. The van der Waals surface area contributed by atoms with Crippen LogP contribution in [0.25, 0.3) is 0 Å². The fourth-order valence-corrected chi connectivity index (χ4v) is 3.54. The third-order valence-corrected chi connectivity index (χ3v) is 5.23. The van der Waals surface area contributed by atoms with Crippen LogP contribution in [0.5, 0.6) is 5.75 Å². The van der Waals surface area contributed by atoms with Gasteiger partial charge in [0.1, 0.15) is 11.6 Å². The number of thioether (sulfide) groups is 1. The Balaban J connectivity index is 1.41. The Morgan fingerprint density at radius 1 is 1.24 bits per heavy atom. The van der Waals surface area contributed by atoms with Gasteiger partial charge in [-0.15, -0.1) is 10.2 Å². The number of rotatable bonds is 7. The number of benzene rings is 1. The summed E-state index contributed by atoms with van der Waals surface area (Å²) in [6.45, 7) is 1.72. The molecular weight excluding hydrogens is 399 g/mol. The van der Waals surface area contributed by atoms with Gasteiger partial charge in [-0.05, 0) is 44.0 Å². The average molecular weight is 422 g/mol. The van der Waals surface area contributed by atoms with E-state index in [0.29, 0.717) is 5.75 Å². The Morgan fingerprint density at radius 3 is 2.69 bits per heavy atom. The number of aromatic nitrogens is 2. The van der Waals surface area contributed by atoms with E-state index in [0.717, 1.165) is 37.4 Å². The summed E-state index contributed by atoms with van der Waals surface area (Å²) in [6.07, 6.45) is 4.72. The number of imide groups is 1. The predicted molar refractivity (Wildman–Crippen MR) is 104 cm³/mol. The van der Waals surface area contributed by atoms with E-state index in [9.17, 15) is 14.0 Å². The van der Waals surface area contributed by atoms with Crippen LogP contribution in [0, 0.1) is 5.82 Å². The Labute approximate surface area is 172 Å². The highest BCUT2D eigenvalue weighted by molar-refractivity contribution is 7.99. The molecular formula is C19H23FN4O4S. The van der Waals surface area contributed by atoms with E-state index >= 15 is 0 Å². The van der Waals surface area contributed by atoms with Gasteiger partial charge in [0.25, 0.3) is 11.1 Å². The molecule has 0 spiro atoms. The number of ether oxygens (including phenoxy) is 1. The highest BCUT2D eigenvalue weighted by Crippen LogP contribution is 2.24. The molecule has 0 radical (unpaired) electrons. The molecule has 1 aliphatic rings. The largest absolute Gasteiger partial charge is 0.481 e. The first-order valence-electron chi connectivity index (χ1n) is 9.48. The van der Waals surface area contributed by atoms with E-state index in [1.807, 2.05) is 0 Å². The maximum absolute atomic E-state index is 12.9. The Hall–Kier alpha value is -2.62. The van der Waals surface area contributed by atoms with Gasteiger partial charge >= 0.3 is 6.03 Å². The number of amides is 3. The Kier molecular flexibility index (Phi) is 7.45. The van der Waals surface area contributed by atoms with Crippen LogP contribution >= 0.6 is 11.8 Å². The van der Waals surface area contributed by atoms with Gasteiger partial charge in [-0.1, -0.05) is 31.0 Å². The lowest BCUT2D eigenvalue weighted by atomic mass is 9.96.